The maximum atomic E-state index is 6.27. The summed E-state index contributed by atoms with van der Waals surface area (Å²) in [6.45, 7) is 1.98. The molecular weight excluding hydrogens is 303 g/mol. The average Bonchev–Trinajstić information content (AvgIpc) is 2.37. The van der Waals surface area contributed by atoms with Crippen molar-refractivity contribution in [1.82, 2.24) is 5.43 Å². The van der Waals surface area contributed by atoms with Gasteiger partial charge in [0.15, 0.2) is 0 Å². The van der Waals surface area contributed by atoms with Gasteiger partial charge in [0.25, 0.3) is 0 Å². The fraction of sp³-hybridized carbons (Fsp3) is 0.143. The molecule has 0 bridgehead atoms. The third-order valence-corrected chi connectivity index (χ3v) is 4.09. The average molecular weight is 316 g/mol. The number of hydrogen-bond acceptors (Lipinski definition) is 2. The molecule has 0 aliphatic heterocycles. The zero-order chi connectivity index (χ0) is 14.0. The number of hydrazine groups is 1. The highest BCUT2D eigenvalue weighted by Crippen LogP contribution is 2.35. The normalized spacial score (nSPS) is 12.5. The molecule has 2 aromatic rings. The number of nitrogens with two attached hydrogens (primary N) is 1. The van der Waals surface area contributed by atoms with E-state index in [4.69, 9.17) is 40.6 Å². The summed E-state index contributed by atoms with van der Waals surface area (Å²) in [7, 11) is 0. The minimum Gasteiger partial charge on any atom is -0.271 e. The van der Waals surface area contributed by atoms with Gasteiger partial charge in [-0.1, -0.05) is 59.1 Å². The van der Waals surface area contributed by atoms with Crippen LogP contribution in [0.15, 0.2) is 36.4 Å². The summed E-state index contributed by atoms with van der Waals surface area (Å²) >= 11 is 18.5. The molecule has 19 heavy (non-hydrogen) atoms. The summed E-state index contributed by atoms with van der Waals surface area (Å²) in [5.41, 5.74) is 5.47. The lowest BCUT2D eigenvalue weighted by Gasteiger charge is -2.20. The van der Waals surface area contributed by atoms with Crippen LogP contribution >= 0.6 is 34.8 Å². The van der Waals surface area contributed by atoms with E-state index in [2.05, 4.69) is 5.43 Å². The number of benzene rings is 2. The van der Waals surface area contributed by atoms with Crippen LogP contribution in [0, 0.1) is 6.92 Å². The van der Waals surface area contributed by atoms with E-state index in [1.165, 1.54) is 0 Å². The number of halogens is 3. The van der Waals surface area contributed by atoms with Crippen LogP contribution in [0.5, 0.6) is 0 Å². The van der Waals surface area contributed by atoms with E-state index in [1.807, 2.05) is 37.3 Å². The van der Waals surface area contributed by atoms with Gasteiger partial charge in [-0.05, 0) is 35.7 Å². The molecule has 0 aliphatic carbocycles. The first-order chi connectivity index (χ1) is 9.04. The highest BCUT2D eigenvalue weighted by molar-refractivity contribution is 6.42. The molecule has 0 fully saturated rings. The van der Waals surface area contributed by atoms with Gasteiger partial charge in [-0.15, -0.1) is 0 Å². The van der Waals surface area contributed by atoms with Crippen LogP contribution in [0.4, 0.5) is 0 Å². The van der Waals surface area contributed by atoms with Gasteiger partial charge < -0.3 is 0 Å². The van der Waals surface area contributed by atoms with Crippen LogP contribution in [-0.2, 0) is 0 Å². The Hall–Kier alpha value is -0.770. The monoisotopic (exact) mass is 314 g/mol. The summed E-state index contributed by atoms with van der Waals surface area (Å²) in [5.74, 6) is 5.65. The second kappa shape index (κ2) is 6.12. The predicted octanol–water partition coefficient (Wildman–Crippen LogP) is 4.51. The number of aryl methyl sites for hydroxylation is 1. The molecule has 0 saturated heterocycles. The van der Waals surface area contributed by atoms with Crippen molar-refractivity contribution in [2.75, 3.05) is 0 Å². The Bertz CT molecular complexity index is 599. The molecule has 1 atom stereocenters. The molecular formula is C14H13Cl3N2. The molecule has 2 aromatic carbocycles. The van der Waals surface area contributed by atoms with Gasteiger partial charge in [0, 0.05) is 5.02 Å². The Morgan fingerprint density at radius 3 is 2.37 bits per heavy atom. The van der Waals surface area contributed by atoms with Crippen molar-refractivity contribution >= 4 is 34.8 Å². The summed E-state index contributed by atoms with van der Waals surface area (Å²) in [6.07, 6.45) is 0. The highest BCUT2D eigenvalue weighted by Gasteiger charge is 2.19. The standard InChI is InChI=1S/C14H13Cl3N2/c1-8-5-6-9(12(16)7-8)14(19-18)10-3-2-4-11(15)13(10)17/h2-7,14,19H,18H2,1H3. The minimum atomic E-state index is -0.306. The molecule has 100 valence electrons. The fourth-order valence-corrected chi connectivity index (χ4v) is 2.72. The Kier molecular flexibility index (Phi) is 4.71. The first kappa shape index (κ1) is 14.6. The Balaban J connectivity index is 2.53. The lowest BCUT2D eigenvalue weighted by Crippen LogP contribution is -2.29. The van der Waals surface area contributed by atoms with Gasteiger partial charge in [0.1, 0.15) is 0 Å². The molecule has 0 amide bonds. The Morgan fingerprint density at radius 1 is 1.00 bits per heavy atom. The van der Waals surface area contributed by atoms with Gasteiger partial charge in [0.05, 0.1) is 16.1 Å². The Morgan fingerprint density at radius 2 is 1.74 bits per heavy atom. The van der Waals surface area contributed by atoms with E-state index in [-0.39, 0.29) is 6.04 Å². The van der Waals surface area contributed by atoms with E-state index >= 15 is 0 Å². The van der Waals surface area contributed by atoms with E-state index in [0.717, 1.165) is 16.7 Å². The summed E-state index contributed by atoms with van der Waals surface area (Å²) in [5, 5.41) is 1.60. The van der Waals surface area contributed by atoms with Gasteiger partial charge in [-0.2, -0.15) is 0 Å². The van der Waals surface area contributed by atoms with Crippen molar-refractivity contribution < 1.29 is 0 Å². The second-order valence-corrected chi connectivity index (χ2v) is 5.46. The molecule has 0 heterocycles. The molecule has 5 heteroatoms. The topological polar surface area (TPSA) is 38.0 Å². The zero-order valence-electron chi connectivity index (χ0n) is 10.3. The molecule has 0 spiro atoms. The van der Waals surface area contributed by atoms with Crippen LogP contribution in [-0.4, -0.2) is 0 Å². The highest BCUT2D eigenvalue weighted by atomic mass is 35.5. The largest absolute Gasteiger partial charge is 0.271 e. The molecule has 0 aromatic heterocycles. The van der Waals surface area contributed by atoms with Crippen molar-refractivity contribution in [2.24, 2.45) is 5.84 Å². The van der Waals surface area contributed by atoms with Gasteiger partial charge in [-0.25, -0.2) is 5.43 Å². The number of hydrogen-bond donors (Lipinski definition) is 2. The summed E-state index contributed by atoms with van der Waals surface area (Å²) in [6, 6.07) is 10.9. The van der Waals surface area contributed by atoms with Gasteiger partial charge >= 0.3 is 0 Å². The third kappa shape index (κ3) is 3.04. The molecule has 0 saturated carbocycles. The molecule has 0 radical (unpaired) electrons. The van der Waals surface area contributed by atoms with E-state index in [9.17, 15) is 0 Å². The van der Waals surface area contributed by atoms with Gasteiger partial charge in [0.2, 0.25) is 0 Å². The van der Waals surface area contributed by atoms with Crippen LogP contribution in [0.25, 0.3) is 0 Å². The third-order valence-electron chi connectivity index (χ3n) is 2.93. The van der Waals surface area contributed by atoms with Crippen LogP contribution in [0.2, 0.25) is 15.1 Å². The summed E-state index contributed by atoms with van der Waals surface area (Å²) < 4.78 is 0. The first-order valence-electron chi connectivity index (χ1n) is 5.70. The quantitative estimate of drug-likeness (QED) is 0.646. The Labute approximate surface area is 127 Å². The van der Waals surface area contributed by atoms with E-state index < -0.39 is 0 Å². The predicted molar refractivity (Wildman–Crippen MR) is 81.8 cm³/mol. The van der Waals surface area contributed by atoms with Crippen molar-refractivity contribution in [1.29, 1.82) is 0 Å². The van der Waals surface area contributed by atoms with Gasteiger partial charge in [-0.3, -0.25) is 5.84 Å². The van der Waals surface area contributed by atoms with Crippen molar-refractivity contribution in [3.63, 3.8) is 0 Å². The second-order valence-electron chi connectivity index (χ2n) is 4.27. The fourth-order valence-electron chi connectivity index (χ4n) is 1.96. The zero-order valence-corrected chi connectivity index (χ0v) is 12.5. The number of rotatable bonds is 3. The first-order valence-corrected chi connectivity index (χ1v) is 6.84. The number of nitrogens with one attached hydrogen (secondary N) is 1. The molecule has 1 unspecified atom stereocenters. The van der Waals surface area contributed by atoms with Crippen molar-refractivity contribution in [3.8, 4) is 0 Å². The lowest BCUT2D eigenvalue weighted by atomic mass is 9.98. The molecule has 2 nitrogen and oxygen atoms in total. The summed E-state index contributed by atoms with van der Waals surface area (Å²) in [4.78, 5) is 0. The van der Waals surface area contributed by atoms with E-state index in [0.29, 0.717) is 15.1 Å². The van der Waals surface area contributed by atoms with Crippen molar-refractivity contribution in [2.45, 2.75) is 13.0 Å². The molecule has 2 rings (SSSR count). The maximum Gasteiger partial charge on any atom is 0.0739 e. The SMILES string of the molecule is Cc1ccc(C(NN)c2cccc(Cl)c2Cl)c(Cl)c1. The van der Waals surface area contributed by atoms with Crippen LogP contribution in [0.3, 0.4) is 0 Å². The maximum absolute atomic E-state index is 6.27. The molecule has 3 N–H and O–H groups in total. The van der Waals surface area contributed by atoms with Crippen LogP contribution in [0.1, 0.15) is 22.7 Å². The van der Waals surface area contributed by atoms with E-state index in [1.54, 1.807) is 6.07 Å². The molecule has 0 aliphatic rings. The lowest BCUT2D eigenvalue weighted by molar-refractivity contribution is 0.637. The minimum absolute atomic E-state index is 0.306. The van der Waals surface area contributed by atoms with Crippen molar-refractivity contribution in [3.05, 3.63) is 68.2 Å². The smallest absolute Gasteiger partial charge is 0.0739 e. The van der Waals surface area contributed by atoms with Crippen LogP contribution < -0.4 is 11.3 Å².